The first-order valence-electron chi connectivity index (χ1n) is 5.25. The van der Waals surface area contributed by atoms with Gasteiger partial charge < -0.3 is 16.2 Å². The average molecular weight is 208 g/mol. The summed E-state index contributed by atoms with van der Waals surface area (Å²) >= 11 is 0. The van der Waals surface area contributed by atoms with E-state index in [1.54, 1.807) is 0 Å². The second kappa shape index (κ2) is 5.85. The molecule has 0 aliphatic heterocycles. The lowest BCUT2D eigenvalue weighted by molar-refractivity contribution is 0.105. The van der Waals surface area contributed by atoms with Gasteiger partial charge in [-0.3, -0.25) is 0 Å². The van der Waals surface area contributed by atoms with E-state index in [1.807, 2.05) is 37.3 Å². The fraction of sp³-hybridized carbons (Fsp3) is 0.500. The van der Waals surface area contributed by atoms with Crippen LogP contribution in [0.3, 0.4) is 0 Å². The highest BCUT2D eigenvalue weighted by Gasteiger charge is 2.14. The number of hydrogen-bond acceptors (Lipinski definition) is 3. The minimum atomic E-state index is -0.309. The maximum Gasteiger partial charge on any atom is 0.0716 e. The maximum atomic E-state index is 5.89. The molecule has 0 aliphatic carbocycles. The Bertz CT molecular complexity index is 272. The van der Waals surface area contributed by atoms with Crippen LogP contribution in [0.2, 0.25) is 0 Å². The van der Waals surface area contributed by atoms with Crippen LogP contribution in [-0.2, 0) is 11.3 Å². The Morgan fingerprint density at radius 1 is 1.27 bits per heavy atom. The minimum Gasteiger partial charge on any atom is -0.377 e. The largest absolute Gasteiger partial charge is 0.377 e. The smallest absolute Gasteiger partial charge is 0.0716 e. The van der Waals surface area contributed by atoms with Gasteiger partial charge in [0, 0.05) is 18.7 Å². The zero-order valence-electron chi connectivity index (χ0n) is 9.28. The van der Waals surface area contributed by atoms with Crippen molar-refractivity contribution in [3.8, 4) is 0 Å². The molecule has 0 aliphatic rings. The molecular formula is C12H20N2O. The molecule has 0 fully saturated rings. The number of ether oxygens (including phenoxy) is 1. The third kappa shape index (κ3) is 4.93. The molecule has 4 N–H and O–H groups in total. The predicted octanol–water partition coefficient (Wildman–Crippen LogP) is 1.27. The number of hydrogen-bond donors (Lipinski definition) is 2. The lowest BCUT2D eigenvalue weighted by atomic mass is 10.0. The first-order valence-corrected chi connectivity index (χ1v) is 5.25. The van der Waals surface area contributed by atoms with Gasteiger partial charge in [-0.2, -0.15) is 0 Å². The van der Waals surface area contributed by atoms with Gasteiger partial charge >= 0.3 is 0 Å². The van der Waals surface area contributed by atoms with Crippen molar-refractivity contribution in [2.45, 2.75) is 25.5 Å². The monoisotopic (exact) mass is 208 g/mol. The summed E-state index contributed by atoms with van der Waals surface area (Å²) in [4.78, 5) is 0. The molecule has 3 heteroatoms. The van der Waals surface area contributed by atoms with Gasteiger partial charge in [0.05, 0.1) is 6.61 Å². The molecule has 0 saturated heterocycles. The van der Waals surface area contributed by atoms with E-state index in [2.05, 4.69) is 0 Å². The Labute approximate surface area is 91.4 Å². The second-order valence-corrected chi connectivity index (χ2v) is 4.15. The topological polar surface area (TPSA) is 61.3 Å². The second-order valence-electron chi connectivity index (χ2n) is 4.15. The Morgan fingerprint density at radius 3 is 2.53 bits per heavy atom. The Morgan fingerprint density at radius 2 is 1.93 bits per heavy atom. The van der Waals surface area contributed by atoms with Gasteiger partial charge in [-0.25, -0.2) is 0 Å². The molecule has 1 aromatic rings. The first kappa shape index (κ1) is 12.2. The van der Waals surface area contributed by atoms with E-state index in [0.717, 1.165) is 6.42 Å². The standard InChI is InChI=1S/C12H20N2O/c1-12(14,10-13)7-8-15-9-11-5-3-2-4-6-11/h2-6H,7-10,13-14H2,1H3. The fourth-order valence-electron chi connectivity index (χ4n) is 1.17. The van der Waals surface area contributed by atoms with Crippen LogP contribution in [0, 0.1) is 0 Å². The molecule has 0 radical (unpaired) electrons. The van der Waals surface area contributed by atoms with Crippen LogP contribution < -0.4 is 11.5 Å². The quantitative estimate of drug-likeness (QED) is 0.692. The third-order valence-corrected chi connectivity index (χ3v) is 2.40. The van der Waals surface area contributed by atoms with Gasteiger partial charge in [0.2, 0.25) is 0 Å². The summed E-state index contributed by atoms with van der Waals surface area (Å²) < 4.78 is 5.52. The molecule has 0 aromatic heterocycles. The van der Waals surface area contributed by atoms with Crippen LogP contribution >= 0.6 is 0 Å². The zero-order valence-corrected chi connectivity index (χ0v) is 9.28. The fourth-order valence-corrected chi connectivity index (χ4v) is 1.17. The van der Waals surface area contributed by atoms with E-state index in [4.69, 9.17) is 16.2 Å². The normalized spacial score (nSPS) is 14.9. The highest BCUT2D eigenvalue weighted by molar-refractivity contribution is 5.13. The molecular weight excluding hydrogens is 188 g/mol. The Kier molecular flexibility index (Phi) is 4.75. The molecule has 15 heavy (non-hydrogen) atoms. The highest BCUT2D eigenvalue weighted by atomic mass is 16.5. The summed E-state index contributed by atoms with van der Waals surface area (Å²) in [5.74, 6) is 0. The number of rotatable bonds is 6. The van der Waals surface area contributed by atoms with Crippen LogP contribution in [0.4, 0.5) is 0 Å². The molecule has 1 rings (SSSR count). The summed E-state index contributed by atoms with van der Waals surface area (Å²) in [7, 11) is 0. The molecule has 0 heterocycles. The zero-order chi connectivity index (χ0) is 11.1. The van der Waals surface area contributed by atoms with Gasteiger partial charge in [0.1, 0.15) is 0 Å². The maximum absolute atomic E-state index is 5.89. The van der Waals surface area contributed by atoms with Gasteiger partial charge in [-0.05, 0) is 18.9 Å². The molecule has 0 bridgehead atoms. The van der Waals surface area contributed by atoms with Gasteiger partial charge in [-0.15, -0.1) is 0 Å². The SMILES string of the molecule is CC(N)(CN)CCOCc1ccccc1. The lowest BCUT2D eigenvalue weighted by Gasteiger charge is -2.21. The molecule has 0 spiro atoms. The molecule has 1 unspecified atom stereocenters. The molecule has 84 valence electrons. The van der Waals surface area contributed by atoms with Crippen LogP contribution in [0.15, 0.2) is 30.3 Å². The van der Waals surface area contributed by atoms with Crippen molar-refractivity contribution in [1.29, 1.82) is 0 Å². The van der Waals surface area contributed by atoms with E-state index in [1.165, 1.54) is 5.56 Å². The van der Waals surface area contributed by atoms with Crippen molar-refractivity contribution < 1.29 is 4.74 Å². The van der Waals surface area contributed by atoms with Crippen LogP contribution in [0.25, 0.3) is 0 Å². The third-order valence-electron chi connectivity index (χ3n) is 2.40. The van der Waals surface area contributed by atoms with Crippen molar-refractivity contribution in [1.82, 2.24) is 0 Å². The predicted molar refractivity (Wildman–Crippen MR) is 62.4 cm³/mol. The van der Waals surface area contributed by atoms with E-state index >= 15 is 0 Å². The van der Waals surface area contributed by atoms with E-state index in [0.29, 0.717) is 19.8 Å². The summed E-state index contributed by atoms with van der Waals surface area (Å²) in [6.45, 7) is 3.72. The summed E-state index contributed by atoms with van der Waals surface area (Å²) in [6, 6.07) is 10.1. The number of nitrogens with two attached hydrogens (primary N) is 2. The van der Waals surface area contributed by atoms with Crippen molar-refractivity contribution in [2.24, 2.45) is 11.5 Å². The van der Waals surface area contributed by atoms with Crippen LogP contribution in [0.5, 0.6) is 0 Å². The molecule has 1 aromatic carbocycles. The molecule has 0 amide bonds. The van der Waals surface area contributed by atoms with Gasteiger partial charge in [-0.1, -0.05) is 30.3 Å². The summed E-state index contributed by atoms with van der Waals surface area (Å²) in [6.07, 6.45) is 0.788. The average Bonchev–Trinajstić information content (AvgIpc) is 2.26. The first-order chi connectivity index (χ1) is 7.14. The molecule has 0 saturated carbocycles. The van der Waals surface area contributed by atoms with Gasteiger partial charge in [0.15, 0.2) is 0 Å². The molecule has 3 nitrogen and oxygen atoms in total. The van der Waals surface area contributed by atoms with Crippen LogP contribution in [-0.4, -0.2) is 18.7 Å². The number of benzene rings is 1. The molecule has 1 atom stereocenters. The summed E-state index contributed by atoms with van der Waals surface area (Å²) in [5, 5.41) is 0. The van der Waals surface area contributed by atoms with Gasteiger partial charge in [0.25, 0.3) is 0 Å². The van der Waals surface area contributed by atoms with E-state index in [9.17, 15) is 0 Å². The van der Waals surface area contributed by atoms with Crippen molar-refractivity contribution in [2.75, 3.05) is 13.2 Å². The van der Waals surface area contributed by atoms with E-state index in [-0.39, 0.29) is 5.54 Å². The van der Waals surface area contributed by atoms with Crippen LogP contribution in [0.1, 0.15) is 18.9 Å². The summed E-state index contributed by atoms with van der Waals surface area (Å²) in [5.41, 5.74) is 12.3. The van der Waals surface area contributed by atoms with Crippen molar-refractivity contribution in [3.05, 3.63) is 35.9 Å². The van der Waals surface area contributed by atoms with Crippen molar-refractivity contribution >= 4 is 0 Å². The Balaban J connectivity index is 2.18. The Hall–Kier alpha value is -0.900. The van der Waals surface area contributed by atoms with Crippen molar-refractivity contribution in [3.63, 3.8) is 0 Å². The van der Waals surface area contributed by atoms with E-state index < -0.39 is 0 Å². The lowest BCUT2D eigenvalue weighted by Crippen LogP contribution is -2.44. The minimum absolute atomic E-state index is 0.309. The highest BCUT2D eigenvalue weighted by Crippen LogP contribution is 2.05.